The number of carbonyl (C=O) groups excluding carboxylic acids is 2. The Balaban J connectivity index is 2.12. The molecule has 132 valence electrons. The third kappa shape index (κ3) is 2.88. The van der Waals surface area contributed by atoms with Gasteiger partial charge in [-0.1, -0.05) is 12.1 Å². The second-order valence-electron chi connectivity index (χ2n) is 6.00. The largest absolute Gasteiger partial charge is 0.493 e. The Kier molecular flexibility index (Phi) is 4.79. The summed E-state index contributed by atoms with van der Waals surface area (Å²) in [5.74, 6) is 0.556. The molecule has 2 aliphatic rings. The van der Waals surface area contributed by atoms with Gasteiger partial charge in [0.2, 0.25) is 0 Å². The molecule has 0 radical (unpaired) electrons. The fourth-order valence-corrected chi connectivity index (χ4v) is 3.34. The van der Waals surface area contributed by atoms with Crippen molar-refractivity contribution in [3.63, 3.8) is 0 Å². The summed E-state index contributed by atoms with van der Waals surface area (Å²) in [6.07, 6.45) is 3.60. The minimum atomic E-state index is -0.293. The molecule has 0 unspecified atom stereocenters. The lowest BCUT2D eigenvalue weighted by Gasteiger charge is -2.19. The van der Waals surface area contributed by atoms with E-state index in [0.29, 0.717) is 28.3 Å². The first-order valence-corrected chi connectivity index (χ1v) is 8.31. The fourth-order valence-electron chi connectivity index (χ4n) is 3.34. The van der Waals surface area contributed by atoms with E-state index in [2.05, 4.69) is 6.58 Å². The van der Waals surface area contributed by atoms with Crippen LogP contribution in [0.5, 0.6) is 11.5 Å². The maximum Gasteiger partial charge on any atom is 0.278 e. The molecule has 0 atom stereocenters. The smallest absolute Gasteiger partial charge is 0.278 e. The highest BCUT2D eigenvalue weighted by atomic mass is 16.5. The number of benzene rings is 1. The van der Waals surface area contributed by atoms with Crippen molar-refractivity contribution < 1.29 is 19.1 Å². The Bertz CT molecular complexity index is 748. The number of nitrogens with zero attached hydrogens (tertiary/aromatic N) is 2. The molecule has 2 amide bonds. The zero-order valence-corrected chi connectivity index (χ0v) is 14.6. The molecule has 0 spiro atoms. The third-order valence-corrected chi connectivity index (χ3v) is 4.55. The van der Waals surface area contributed by atoms with Crippen LogP contribution in [0.1, 0.15) is 18.4 Å². The highest BCUT2D eigenvalue weighted by Crippen LogP contribution is 2.37. The third-order valence-electron chi connectivity index (χ3n) is 4.55. The van der Waals surface area contributed by atoms with E-state index >= 15 is 0 Å². The maximum absolute atomic E-state index is 12.9. The highest BCUT2D eigenvalue weighted by molar-refractivity contribution is 6.35. The van der Waals surface area contributed by atoms with Gasteiger partial charge in [0.1, 0.15) is 5.70 Å². The van der Waals surface area contributed by atoms with Crippen molar-refractivity contribution in [1.82, 2.24) is 9.80 Å². The van der Waals surface area contributed by atoms with Crippen LogP contribution >= 0.6 is 0 Å². The quantitative estimate of drug-likeness (QED) is 0.585. The molecule has 1 saturated heterocycles. The molecule has 1 fully saturated rings. The monoisotopic (exact) mass is 342 g/mol. The molecule has 2 aliphatic heterocycles. The lowest BCUT2D eigenvalue weighted by molar-refractivity contribution is -0.136. The van der Waals surface area contributed by atoms with Crippen LogP contribution in [0, 0.1) is 0 Å². The van der Waals surface area contributed by atoms with Crippen molar-refractivity contribution in [3.05, 3.63) is 42.1 Å². The fraction of sp³-hybridized carbons (Fsp3) is 0.368. The SMILES string of the molecule is C=CCN1C(=O)C(c2ccc(OC)c(OC)c2)=C(N2CCCC2)C1=O. The number of hydrogen-bond donors (Lipinski definition) is 0. The molecule has 25 heavy (non-hydrogen) atoms. The summed E-state index contributed by atoms with van der Waals surface area (Å²) in [7, 11) is 3.10. The lowest BCUT2D eigenvalue weighted by atomic mass is 10.0. The molecule has 0 saturated carbocycles. The van der Waals surface area contributed by atoms with Crippen LogP contribution in [-0.4, -0.2) is 55.5 Å². The summed E-state index contributed by atoms with van der Waals surface area (Å²) in [6.45, 7) is 5.42. The van der Waals surface area contributed by atoms with E-state index in [4.69, 9.17) is 9.47 Å². The van der Waals surface area contributed by atoms with Gasteiger partial charge in [-0.05, 0) is 30.5 Å². The van der Waals surface area contributed by atoms with Gasteiger partial charge in [-0.3, -0.25) is 14.5 Å². The number of amides is 2. The first-order chi connectivity index (χ1) is 12.1. The second kappa shape index (κ2) is 7.01. The minimum absolute atomic E-state index is 0.200. The van der Waals surface area contributed by atoms with Crippen molar-refractivity contribution >= 4 is 17.4 Å². The van der Waals surface area contributed by atoms with Crippen molar-refractivity contribution in [2.24, 2.45) is 0 Å². The number of hydrogen-bond acceptors (Lipinski definition) is 5. The number of rotatable bonds is 6. The molecule has 6 heteroatoms. The van der Waals surface area contributed by atoms with Gasteiger partial charge in [0.25, 0.3) is 11.8 Å². The van der Waals surface area contributed by atoms with Gasteiger partial charge in [-0.25, -0.2) is 0 Å². The van der Waals surface area contributed by atoms with E-state index in [1.807, 2.05) is 4.90 Å². The van der Waals surface area contributed by atoms with Gasteiger partial charge in [-0.15, -0.1) is 6.58 Å². The van der Waals surface area contributed by atoms with E-state index in [0.717, 1.165) is 25.9 Å². The lowest BCUT2D eigenvalue weighted by Crippen LogP contribution is -2.34. The van der Waals surface area contributed by atoms with Gasteiger partial charge >= 0.3 is 0 Å². The summed E-state index contributed by atoms with van der Waals surface area (Å²) in [5.41, 5.74) is 1.57. The van der Waals surface area contributed by atoms with Crippen LogP contribution in [0.3, 0.4) is 0 Å². The summed E-state index contributed by atoms with van der Waals surface area (Å²) < 4.78 is 10.6. The zero-order chi connectivity index (χ0) is 18.0. The average molecular weight is 342 g/mol. The maximum atomic E-state index is 12.9. The normalized spacial score (nSPS) is 17.5. The molecule has 1 aromatic rings. The van der Waals surface area contributed by atoms with Crippen LogP contribution in [0.15, 0.2) is 36.6 Å². The molecule has 0 N–H and O–H groups in total. The molecule has 2 heterocycles. The summed E-state index contributed by atoms with van der Waals surface area (Å²) in [6, 6.07) is 5.28. The Morgan fingerprint density at radius 3 is 2.36 bits per heavy atom. The Hall–Kier alpha value is -2.76. The van der Waals surface area contributed by atoms with Crippen molar-refractivity contribution in [2.45, 2.75) is 12.8 Å². The summed E-state index contributed by atoms with van der Waals surface area (Å²) >= 11 is 0. The van der Waals surface area contributed by atoms with Crippen LogP contribution < -0.4 is 9.47 Å². The van der Waals surface area contributed by atoms with Gasteiger partial charge < -0.3 is 14.4 Å². The molecular formula is C19H22N2O4. The number of likely N-dealkylation sites (tertiary alicyclic amines) is 1. The molecule has 6 nitrogen and oxygen atoms in total. The van der Waals surface area contributed by atoms with E-state index in [9.17, 15) is 9.59 Å². The van der Waals surface area contributed by atoms with Gasteiger partial charge in [0.05, 0.1) is 19.8 Å². The van der Waals surface area contributed by atoms with E-state index < -0.39 is 0 Å². The Labute approximate surface area is 147 Å². The molecule has 3 rings (SSSR count). The van der Waals surface area contributed by atoms with Crippen LogP contribution in [0.25, 0.3) is 5.57 Å². The molecule has 0 bridgehead atoms. The second-order valence-corrected chi connectivity index (χ2v) is 6.00. The van der Waals surface area contributed by atoms with Gasteiger partial charge in [0, 0.05) is 19.6 Å². The summed E-state index contributed by atoms with van der Waals surface area (Å²) in [5, 5.41) is 0. The molecular weight excluding hydrogens is 320 g/mol. The molecule has 0 aromatic heterocycles. The van der Waals surface area contributed by atoms with E-state index in [1.54, 1.807) is 38.5 Å². The Morgan fingerprint density at radius 1 is 1.08 bits per heavy atom. The van der Waals surface area contributed by atoms with E-state index in [1.165, 1.54) is 4.90 Å². The van der Waals surface area contributed by atoms with Crippen LogP contribution in [0.2, 0.25) is 0 Å². The van der Waals surface area contributed by atoms with Crippen molar-refractivity contribution in [2.75, 3.05) is 33.9 Å². The van der Waals surface area contributed by atoms with Crippen LogP contribution in [-0.2, 0) is 9.59 Å². The van der Waals surface area contributed by atoms with Crippen LogP contribution in [0.4, 0.5) is 0 Å². The first-order valence-electron chi connectivity index (χ1n) is 8.31. The highest BCUT2D eigenvalue weighted by Gasteiger charge is 2.41. The minimum Gasteiger partial charge on any atom is -0.493 e. The zero-order valence-electron chi connectivity index (χ0n) is 14.6. The Morgan fingerprint density at radius 2 is 1.76 bits per heavy atom. The summed E-state index contributed by atoms with van der Waals surface area (Å²) in [4.78, 5) is 29.0. The number of imide groups is 1. The predicted octanol–water partition coefficient (Wildman–Crippen LogP) is 2.07. The van der Waals surface area contributed by atoms with E-state index in [-0.39, 0.29) is 18.4 Å². The average Bonchev–Trinajstić information content (AvgIpc) is 3.23. The topological polar surface area (TPSA) is 59.1 Å². The number of ether oxygens (including phenoxy) is 2. The standard InChI is InChI=1S/C19H22N2O4/c1-4-9-21-18(22)16(17(19(21)23)20-10-5-6-11-20)13-7-8-14(24-2)15(12-13)25-3/h4,7-8,12H,1,5-6,9-11H2,2-3H3. The number of carbonyl (C=O) groups is 2. The number of methoxy groups -OCH3 is 2. The van der Waals surface area contributed by atoms with Crippen molar-refractivity contribution in [3.8, 4) is 11.5 Å². The van der Waals surface area contributed by atoms with Crippen molar-refractivity contribution in [1.29, 1.82) is 0 Å². The van der Waals surface area contributed by atoms with Gasteiger partial charge in [-0.2, -0.15) is 0 Å². The predicted molar refractivity (Wildman–Crippen MR) is 94.2 cm³/mol. The molecule has 0 aliphatic carbocycles. The molecule has 1 aromatic carbocycles. The van der Waals surface area contributed by atoms with Gasteiger partial charge in [0.15, 0.2) is 11.5 Å². The first kappa shape index (κ1) is 17.1.